The van der Waals surface area contributed by atoms with Gasteiger partial charge < -0.3 is 4.98 Å². The minimum atomic E-state index is -0.111. The Bertz CT molecular complexity index is 954. The van der Waals surface area contributed by atoms with Crippen molar-refractivity contribution in [3.63, 3.8) is 0 Å². The number of hydrogen-bond donors (Lipinski definition) is 2. The molecule has 0 saturated heterocycles. The highest BCUT2D eigenvalue weighted by molar-refractivity contribution is 7.15. The average molecular weight is 352 g/mol. The van der Waals surface area contributed by atoms with Crippen molar-refractivity contribution in [3.8, 4) is 0 Å². The fourth-order valence-electron chi connectivity index (χ4n) is 3.74. The number of fused-ring (bicyclic) bond motifs is 3. The van der Waals surface area contributed by atoms with Crippen molar-refractivity contribution in [2.45, 2.75) is 50.9 Å². The molecule has 1 amide bonds. The molecule has 2 aromatic heterocycles. The Balaban J connectivity index is 1.47. The van der Waals surface area contributed by atoms with Crippen LogP contribution < -0.4 is 5.32 Å². The van der Waals surface area contributed by atoms with E-state index in [4.69, 9.17) is 0 Å². The van der Waals surface area contributed by atoms with Gasteiger partial charge in [-0.25, -0.2) is 0 Å². The lowest BCUT2D eigenvalue weighted by atomic mass is 10.0. The van der Waals surface area contributed by atoms with E-state index >= 15 is 0 Å². The Morgan fingerprint density at radius 1 is 1.16 bits per heavy atom. The number of nitrogens with zero attached hydrogens (tertiary/aromatic N) is 2. The van der Waals surface area contributed by atoms with Crippen LogP contribution in [0.2, 0.25) is 0 Å². The van der Waals surface area contributed by atoms with Gasteiger partial charge in [0.25, 0.3) is 5.91 Å². The van der Waals surface area contributed by atoms with E-state index < -0.39 is 0 Å². The molecule has 0 atom stereocenters. The van der Waals surface area contributed by atoms with Crippen molar-refractivity contribution in [2.24, 2.45) is 0 Å². The Labute approximate surface area is 149 Å². The first-order valence-corrected chi connectivity index (χ1v) is 9.88. The number of para-hydroxylation sites is 1. The van der Waals surface area contributed by atoms with Gasteiger partial charge in [0.1, 0.15) is 5.01 Å². The number of nitrogens with one attached hydrogen (secondary N) is 2. The highest BCUT2D eigenvalue weighted by Gasteiger charge is 2.28. The summed E-state index contributed by atoms with van der Waals surface area (Å²) in [5, 5.41) is 14.1. The van der Waals surface area contributed by atoms with Gasteiger partial charge in [-0.2, -0.15) is 0 Å². The molecule has 0 radical (unpaired) electrons. The number of benzene rings is 1. The molecule has 2 N–H and O–H groups in total. The molecular weight excluding hydrogens is 332 g/mol. The molecule has 5 nitrogen and oxygen atoms in total. The van der Waals surface area contributed by atoms with Crippen LogP contribution in [0.15, 0.2) is 18.2 Å². The topological polar surface area (TPSA) is 70.7 Å². The lowest BCUT2D eigenvalue weighted by molar-refractivity contribution is 0.102. The molecule has 0 bridgehead atoms. The Morgan fingerprint density at radius 2 is 2.04 bits per heavy atom. The molecule has 1 saturated carbocycles. The van der Waals surface area contributed by atoms with Crippen molar-refractivity contribution < 1.29 is 4.79 Å². The quantitative estimate of drug-likeness (QED) is 0.686. The van der Waals surface area contributed by atoms with Gasteiger partial charge >= 0.3 is 0 Å². The smallest absolute Gasteiger partial charge is 0.259 e. The number of amides is 1. The molecule has 1 fully saturated rings. The van der Waals surface area contributed by atoms with Crippen LogP contribution in [-0.2, 0) is 12.8 Å². The van der Waals surface area contributed by atoms with Crippen molar-refractivity contribution >= 4 is 33.3 Å². The van der Waals surface area contributed by atoms with Crippen LogP contribution in [0.3, 0.4) is 0 Å². The van der Waals surface area contributed by atoms with E-state index in [1.54, 1.807) is 0 Å². The van der Waals surface area contributed by atoms with Crippen LogP contribution in [-0.4, -0.2) is 21.1 Å². The van der Waals surface area contributed by atoms with Crippen LogP contribution in [0.25, 0.3) is 10.9 Å². The summed E-state index contributed by atoms with van der Waals surface area (Å²) in [4.78, 5) is 16.3. The van der Waals surface area contributed by atoms with Crippen molar-refractivity contribution in [2.75, 3.05) is 5.32 Å². The van der Waals surface area contributed by atoms with Gasteiger partial charge in [0.15, 0.2) is 0 Å². The zero-order valence-electron chi connectivity index (χ0n) is 14.0. The molecule has 6 heteroatoms. The molecule has 2 aliphatic rings. The molecule has 128 valence electrons. The second-order valence-electron chi connectivity index (χ2n) is 7.04. The normalized spacial score (nSPS) is 17.3. The summed E-state index contributed by atoms with van der Waals surface area (Å²) in [5.41, 5.74) is 4.35. The van der Waals surface area contributed by atoms with E-state index in [0.717, 1.165) is 23.4 Å². The maximum absolute atomic E-state index is 12.8. The summed E-state index contributed by atoms with van der Waals surface area (Å²) in [6, 6.07) is 5.99. The first-order chi connectivity index (χ1) is 12.3. The highest BCUT2D eigenvalue weighted by atomic mass is 32.1. The summed E-state index contributed by atoms with van der Waals surface area (Å²) in [6.07, 6.45) is 8.28. The average Bonchev–Trinajstić information content (AvgIpc) is 3.33. The molecule has 2 heterocycles. The molecule has 1 aromatic carbocycles. The Hall–Kier alpha value is -2.21. The first-order valence-electron chi connectivity index (χ1n) is 9.07. The number of rotatable bonds is 3. The van der Waals surface area contributed by atoms with E-state index in [2.05, 4.69) is 26.6 Å². The lowest BCUT2D eigenvalue weighted by Gasteiger charge is -2.04. The molecule has 2 aliphatic carbocycles. The monoisotopic (exact) mass is 352 g/mol. The van der Waals surface area contributed by atoms with Gasteiger partial charge in [-0.05, 0) is 50.2 Å². The highest BCUT2D eigenvalue weighted by Crippen LogP contribution is 2.42. The molecule has 0 spiro atoms. The summed E-state index contributed by atoms with van der Waals surface area (Å²) >= 11 is 1.50. The van der Waals surface area contributed by atoms with Gasteiger partial charge in [0.05, 0.1) is 11.1 Å². The number of hydrogen-bond acceptors (Lipinski definition) is 4. The van der Waals surface area contributed by atoms with Crippen LogP contribution in [0.1, 0.15) is 64.6 Å². The fraction of sp³-hybridized carbons (Fsp3) is 0.421. The van der Waals surface area contributed by atoms with Crippen LogP contribution >= 0.6 is 11.3 Å². The fourth-order valence-corrected chi connectivity index (χ4v) is 4.65. The second-order valence-corrected chi connectivity index (χ2v) is 8.05. The number of anilines is 1. The summed E-state index contributed by atoms with van der Waals surface area (Å²) < 4.78 is 0. The molecular formula is C19H20N4OS. The summed E-state index contributed by atoms with van der Waals surface area (Å²) in [6.45, 7) is 0. The maximum atomic E-state index is 12.8. The minimum absolute atomic E-state index is 0.111. The van der Waals surface area contributed by atoms with E-state index in [-0.39, 0.29) is 5.91 Å². The predicted octanol–water partition coefficient (Wildman–Crippen LogP) is 4.42. The number of aromatic nitrogens is 3. The maximum Gasteiger partial charge on any atom is 0.259 e. The minimum Gasteiger partial charge on any atom is -0.358 e. The van der Waals surface area contributed by atoms with Gasteiger partial charge in [-0.3, -0.25) is 10.1 Å². The second kappa shape index (κ2) is 5.95. The standard InChI is InChI=1S/C19H20N4OS/c24-17(21-19-23-22-18(25-19)11-9-10-11)14-7-4-6-13-12-5-2-1-3-8-15(12)20-16(13)14/h4,6-7,11,20H,1-3,5,8-10H2,(H,21,23,24). The molecule has 0 unspecified atom stereocenters. The number of H-pyrrole nitrogens is 1. The third kappa shape index (κ3) is 2.74. The van der Waals surface area contributed by atoms with E-state index in [1.807, 2.05) is 12.1 Å². The van der Waals surface area contributed by atoms with Crippen molar-refractivity contribution in [1.82, 2.24) is 15.2 Å². The SMILES string of the molecule is O=C(Nc1nnc(C2CC2)s1)c1cccc2c3c([nH]c12)CCCCC3. The van der Waals surface area contributed by atoms with Crippen LogP contribution in [0, 0.1) is 0 Å². The van der Waals surface area contributed by atoms with Crippen LogP contribution in [0.5, 0.6) is 0 Å². The zero-order chi connectivity index (χ0) is 16.8. The predicted molar refractivity (Wildman–Crippen MR) is 99.4 cm³/mol. The number of aromatic amines is 1. The first kappa shape index (κ1) is 15.1. The summed E-state index contributed by atoms with van der Waals surface area (Å²) in [7, 11) is 0. The number of aryl methyl sites for hydroxylation is 2. The van der Waals surface area contributed by atoms with Crippen molar-refractivity contribution in [1.29, 1.82) is 0 Å². The van der Waals surface area contributed by atoms with Crippen LogP contribution in [0.4, 0.5) is 5.13 Å². The number of carbonyl (C=O) groups is 1. The van der Waals surface area contributed by atoms with Gasteiger partial charge in [-0.1, -0.05) is 29.9 Å². The third-order valence-corrected chi connectivity index (χ3v) is 6.22. The summed E-state index contributed by atoms with van der Waals surface area (Å²) in [5.74, 6) is 0.450. The largest absolute Gasteiger partial charge is 0.358 e. The number of carbonyl (C=O) groups excluding carboxylic acids is 1. The van der Waals surface area contributed by atoms with Gasteiger partial charge in [-0.15, -0.1) is 10.2 Å². The molecule has 5 rings (SSSR count). The van der Waals surface area contributed by atoms with E-state index in [0.29, 0.717) is 16.6 Å². The zero-order valence-corrected chi connectivity index (χ0v) is 14.8. The Kier molecular flexibility index (Phi) is 3.59. The third-order valence-electron chi connectivity index (χ3n) is 5.22. The molecule has 25 heavy (non-hydrogen) atoms. The molecule has 0 aliphatic heterocycles. The molecule has 3 aromatic rings. The van der Waals surface area contributed by atoms with Gasteiger partial charge in [0.2, 0.25) is 5.13 Å². The Morgan fingerprint density at radius 3 is 2.92 bits per heavy atom. The van der Waals surface area contributed by atoms with E-state index in [9.17, 15) is 4.79 Å². The van der Waals surface area contributed by atoms with Crippen molar-refractivity contribution in [3.05, 3.63) is 40.0 Å². The van der Waals surface area contributed by atoms with E-state index in [1.165, 1.54) is 60.1 Å². The lowest BCUT2D eigenvalue weighted by Crippen LogP contribution is -2.12. The van der Waals surface area contributed by atoms with Gasteiger partial charge in [0, 0.05) is 17.0 Å².